The summed E-state index contributed by atoms with van der Waals surface area (Å²) >= 11 is 3.67. The zero-order valence-corrected chi connectivity index (χ0v) is 18.0. The van der Waals surface area contributed by atoms with E-state index < -0.39 is 10.0 Å². The van der Waals surface area contributed by atoms with Gasteiger partial charge in [0.05, 0.1) is 10.7 Å². The van der Waals surface area contributed by atoms with Crippen LogP contribution in [-0.4, -0.2) is 38.0 Å². The molecule has 1 aromatic carbocycles. The minimum atomic E-state index is -3.87. The van der Waals surface area contributed by atoms with Gasteiger partial charge in [0.15, 0.2) is 5.17 Å². The first-order valence-electron chi connectivity index (χ1n) is 8.16. The van der Waals surface area contributed by atoms with E-state index in [0.717, 1.165) is 38.7 Å². The van der Waals surface area contributed by atoms with Gasteiger partial charge >= 0.3 is 0 Å². The Kier molecular flexibility index (Phi) is 5.13. The fourth-order valence-electron chi connectivity index (χ4n) is 2.75. The van der Waals surface area contributed by atoms with Crippen molar-refractivity contribution in [3.63, 3.8) is 0 Å². The normalized spacial score (nSPS) is 20.9. The molecule has 0 unspecified atom stereocenters. The number of thioether (sulfide) groups is 2. The van der Waals surface area contributed by atoms with Crippen molar-refractivity contribution < 1.29 is 13.2 Å². The van der Waals surface area contributed by atoms with E-state index >= 15 is 0 Å². The molecule has 0 spiro atoms. The number of hydrogen-bond donors (Lipinski definition) is 0. The Labute approximate surface area is 175 Å². The van der Waals surface area contributed by atoms with Crippen molar-refractivity contribution in [1.82, 2.24) is 4.90 Å². The lowest BCUT2D eigenvalue weighted by Crippen LogP contribution is -2.30. The summed E-state index contributed by atoms with van der Waals surface area (Å²) in [5.74, 6) is -0.271. The van der Waals surface area contributed by atoms with Gasteiger partial charge in [0.1, 0.15) is 9.11 Å². The zero-order chi connectivity index (χ0) is 19.9. The number of carbonyl (C=O) groups excluding carboxylic acids is 1. The number of thiophene rings is 1. The molecule has 144 valence electrons. The van der Waals surface area contributed by atoms with Gasteiger partial charge in [-0.2, -0.15) is 8.42 Å². The van der Waals surface area contributed by atoms with Crippen molar-refractivity contribution in [2.24, 2.45) is 4.40 Å². The molecule has 3 heterocycles. The number of carbonyl (C=O) groups is 1. The number of benzene rings is 1. The minimum Gasteiger partial charge on any atom is -0.337 e. The van der Waals surface area contributed by atoms with Crippen molar-refractivity contribution in [2.75, 3.05) is 18.5 Å². The Morgan fingerprint density at radius 1 is 1.18 bits per heavy atom. The van der Waals surface area contributed by atoms with Crippen molar-refractivity contribution in [3.8, 4) is 0 Å². The largest absolute Gasteiger partial charge is 0.337 e. The molecular weight excluding hydrogens is 434 g/mol. The van der Waals surface area contributed by atoms with Crippen LogP contribution in [0.3, 0.4) is 0 Å². The molecule has 1 fully saturated rings. The summed E-state index contributed by atoms with van der Waals surface area (Å²) in [6.45, 7) is 3.86. The van der Waals surface area contributed by atoms with Gasteiger partial charge < -0.3 is 4.90 Å². The fraction of sp³-hybridized carbons (Fsp3) is 0.111. The second-order valence-electron chi connectivity index (χ2n) is 5.85. The summed E-state index contributed by atoms with van der Waals surface area (Å²) in [4.78, 5) is 17.9. The highest BCUT2D eigenvalue weighted by atomic mass is 32.2. The molecule has 2 aromatic rings. The van der Waals surface area contributed by atoms with Crippen LogP contribution in [0.1, 0.15) is 0 Å². The fourth-order valence-corrected chi connectivity index (χ4v) is 7.26. The Bertz CT molecular complexity index is 1120. The van der Waals surface area contributed by atoms with Gasteiger partial charge in [0.25, 0.3) is 15.9 Å². The van der Waals surface area contributed by atoms with Gasteiger partial charge in [-0.3, -0.25) is 9.69 Å². The molecule has 0 radical (unpaired) electrons. The summed E-state index contributed by atoms with van der Waals surface area (Å²) in [5.41, 5.74) is 1.01. The van der Waals surface area contributed by atoms with Gasteiger partial charge in [0.2, 0.25) is 0 Å². The number of rotatable bonds is 4. The van der Waals surface area contributed by atoms with Crippen molar-refractivity contribution in [1.29, 1.82) is 0 Å². The maximum absolute atomic E-state index is 13.0. The molecular formula is C18H15N3O3S4. The van der Waals surface area contributed by atoms with Gasteiger partial charge in [-0.05, 0) is 35.3 Å². The number of hydrogen-bond acceptors (Lipinski definition) is 7. The second-order valence-corrected chi connectivity index (χ2v) is 10.6. The maximum atomic E-state index is 13.0. The lowest BCUT2D eigenvalue weighted by molar-refractivity contribution is -0.121. The molecule has 1 amide bonds. The number of anilines is 1. The molecule has 28 heavy (non-hydrogen) atoms. The number of amides is 1. The molecule has 0 bridgehead atoms. The van der Waals surface area contributed by atoms with Crippen LogP contribution < -0.4 is 4.90 Å². The molecule has 2 aliphatic heterocycles. The zero-order valence-electron chi connectivity index (χ0n) is 14.7. The average molecular weight is 450 g/mol. The van der Waals surface area contributed by atoms with E-state index in [1.54, 1.807) is 17.5 Å². The molecule has 0 atom stereocenters. The van der Waals surface area contributed by atoms with Crippen LogP contribution in [-0.2, 0) is 14.8 Å². The van der Waals surface area contributed by atoms with Gasteiger partial charge in [-0.25, -0.2) is 0 Å². The number of fused-ring (bicyclic) bond motifs is 1. The summed E-state index contributed by atoms with van der Waals surface area (Å²) < 4.78 is 29.3. The Hall–Kier alpha value is -2.01. The molecule has 1 aromatic heterocycles. The quantitative estimate of drug-likeness (QED) is 0.520. The summed E-state index contributed by atoms with van der Waals surface area (Å²) in [6, 6.07) is 11.0. The maximum Gasteiger partial charge on any atom is 0.294 e. The highest BCUT2D eigenvalue weighted by Gasteiger charge is 2.39. The SMILES string of the molecule is C=CCN1C(=O)/C(=C2\Sc3ccccc3N2C)SC1=NS(=O)(=O)c1cccs1. The number of amidine groups is 1. The van der Waals surface area contributed by atoms with E-state index in [1.165, 1.54) is 22.7 Å². The lowest BCUT2D eigenvalue weighted by Gasteiger charge is -2.15. The monoisotopic (exact) mass is 449 g/mol. The molecule has 2 aliphatic rings. The summed E-state index contributed by atoms with van der Waals surface area (Å²) in [6.07, 6.45) is 1.56. The molecule has 10 heteroatoms. The first-order valence-corrected chi connectivity index (χ1v) is 12.1. The van der Waals surface area contributed by atoms with Crippen molar-refractivity contribution in [2.45, 2.75) is 9.10 Å². The van der Waals surface area contributed by atoms with Crippen LogP contribution in [0.4, 0.5) is 5.69 Å². The van der Waals surface area contributed by atoms with Gasteiger partial charge in [-0.15, -0.1) is 22.3 Å². The number of sulfonamides is 1. The van der Waals surface area contributed by atoms with E-state index in [4.69, 9.17) is 0 Å². The van der Waals surface area contributed by atoms with Crippen LogP contribution in [0.5, 0.6) is 0 Å². The lowest BCUT2D eigenvalue weighted by atomic mass is 10.3. The third kappa shape index (κ3) is 3.30. The smallest absolute Gasteiger partial charge is 0.294 e. The molecule has 0 saturated carbocycles. The topological polar surface area (TPSA) is 70.1 Å². The molecule has 4 rings (SSSR count). The second kappa shape index (κ2) is 7.43. The highest BCUT2D eigenvalue weighted by Crippen LogP contribution is 2.49. The van der Waals surface area contributed by atoms with Crippen LogP contribution in [0, 0.1) is 0 Å². The van der Waals surface area contributed by atoms with E-state index in [9.17, 15) is 13.2 Å². The Balaban J connectivity index is 1.76. The standard InChI is InChI=1S/C18H15N3O3S4/c1-3-10-21-16(22)15(17-20(2)12-7-4-5-8-13(12)26-17)27-18(21)19-28(23,24)14-9-6-11-25-14/h3-9,11H,1,10H2,2H3/b17-15+,19-18?. The first kappa shape index (κ1) is 19.3. The predicted molar refractivity (Wildman–Crippen MR) is 116 cm³/mol. The van der Waals surface area contributed by atoms with Crippen LogP contribution >= 0.6 is 34.9 Å². The van der Waals surface area contributed by atoms with E-state index in [1.807, 2.05) is 36.2 Å². The van der Waals surface area contributed by atoms with Gasteiger partial charge in [0, 0.05) is 18.5 Å². The molecule has 0 N–H and O–H groups in total. The third-order valence-corrected chi connectivity index (χ3v) is 9.24. The van der Waals surface area contributed by atoms with E-state index in [-0.39, 0.29) is 21.8 Å². The van der Waals surface area contributed by atoms with Crippen LogP contribution in [0.2, 0.25) is 0 Å². The molecule has 1 saturated heterocycles. The van der Waals surface area contributed by atoms with E-state index in [2.05, 4.69) is 11.0 Å². The predicted octanol–water partition coefficient (Wildman–Crippen LogP) is 3.97. The minimum absolute atomic E-state index is 0.144. The Morgan fingerprint density at radius 2 is 1.96 bits per heavy atom. The van der Waals surface area contributed by atoms with Crippen molar-refractivity contribution >= 4 is 61.6 Å². The summed E-state index contributed by atoms with van der Waals surface area (Å²) in [7, 11) is -1.98. The van der Waals surface area contributed by atoms with E-state index in [0.29, 0.717) is 4.91 Å². The highest BCUT2D eigenvalue weighted by molar-refractivity contribution is 8.19. The third-order valence-electron chi connectivity index (χ3n) is 4.06. The molecule has 6 nitrogen and oxygen atoms in total. The van der Waals surface area contributed by atoms with Crippen LogP contribution in [0.25, 0.3) is 0 Å². The first-order chi connectivity index (χ1) is 13.4. The van der Waals surface area contributed by atoms with Crippen LogP contribution in [0.15, 0.2) is 77.9 Å². The van der Waals surface area contributed by atoms with Crippen molar-refractivity contribution in [3.05, 3.63) is 64.4 Å². The number of nitrogens with zero attached hydrogens (tertiary/aromatic N) is 3. The van der Waals surface area contributed by atoms with Gasteiger partial charge in [-0.1, -0.05) is 36.0 Å². The summed E-state index contributed by atoms with van der Waals surface area (Å²) in [5, 5.41) is 2.59. The molecule has 0 aliphatic carbocycles. The Morgan fingerprint density at radius 3 is 2.64 bits per heavy atom. The number of para-hydroxylation sites is 1. The average Bonchev–Trinajstić information content (AvgIpc) is 3.38.